The van der Waals surface area contributed by atoms with Crippen LogP contribution in [0, 0.1) is 5.92 Å². The smallest absolute Gasteiger partial charge is 0.226 e. The molecule has 0 radical (unpaired) electrons. The van der Waals surface area contributed by atoms with Crippen LogP contribution in [0.2, 0.25) is 0 Å². The Kier molecular flexibility index (Phi) is 2.57. The van der Waals surface area contributed by atoms with Gasteiger partial charge in [0.1, 0.15) is 0 Å². The van der Waals surface area contributed by atoms with E-state index in [0.29, 0.717) is 5.92 Å². The van der Waals surface area contributed by atoms with Crippen molar-refractivity contribution < 1.29 is 4.43 Å². The highest BCUT2D eigenvalue weighted by molar-refractivity contribution is 6.63. The maximum atomic E-state index is 6.14. The molecule has 2 aliphatic carbocycles. The van der Waals surface area contributed by atoms with Crippen LogP contribution in [-0.4, -0.2) is 14.6 Å². The third kappa shape index (κ3) is 1.68. The molecule has 1 atom stereocenters. The molecule has 0 heterocycles. The molecule has 0 aromatic carbocycles. The van der Waals surface area contributed by atoms with Crippen LogP contribution in [0.4, 0.5) is 0 Å². The maximum Gasteiger partial charge on any atom is 0.226 e. The average molecular weight is 204 g/mol. The molecule has 14 heavy (non-hydrogen) atoms. The molecule has 1 nitrogen and oxygen atoms in total. The van der Waals surface area contributed by atoms with Gasteiger partial charge in [-0.15, -0.1) is 6.58 Å². The van der Waals surface area contributed by atoms with Crippen molar-refractivity contribution in [3.8, 4) is 0 Å². The van der Waals surface area contributed by atoms with Crippen molar-refractivity contribution in [1.29, 1.82) is 0 Å². The Morgan fingerprint density at radius 1 is 1.50 bits per heavy atom. The first-order valence-corrected chi connectivity index (χ1v) is 6.90. The molecule has 2 bridgehead atoms. The first-order chi connectivity index (χ1) is 6.78. The zero-order valence-electron chi connectivity index (χ0n) is 8.52. The van der Waals surface area contributed by atoms with Crippen LogP contribution in [-0.2, 0) is 4.43 Å². The number of fused-ring (bicyclic) bond motifs is 2. The molecule has 0 aliphatic heterocycles. The summed E-state index contributed by atoms with van der Waals surface area (Å²) in [7, 11) is -1.34. The van der Waals surface area contributed by atoms with Gasteiger partial charge in [0, 0.05) is 0 Å². The maximum absolute atomic E-state index is 6.14. The summed E-state index contributed by atoms with van der Waals surface area (Å²) in [6.07, 6.45) is 12.0. The van der Waals surface area contributed by atoms with Crippen molar-refractivity contribution in [3.05, 3.63) is 48.4 Å². The summed E-state index contributed by atoms with van der Waals surface area (Å²) in [6, 6.07) is 0. The summed E-state index contributed by atoms with van der Waals surface area (Å²) < 4.78 is 6.14. The van der Waals surface area contributed by atoms with E-state index in [9.17, 15) is 0 Å². The molecule has 1 unspecified atom stereocenters. The lowest BCUT2D eigenvalue weighted by Crippen LogP contribution is -2.31. The van der Waals surface area contributed by atoms with Crippen LogP contribution < -0.4 is 0 Å². The molecule has 0 spiro atoms. The van der Waals surface area contributed by atoms with Gasteiger partial charge in [-0.05, 0) is 19.3 Å². The van der Waals surface area contributed by atoms with Gasteiger partial charge in [-0.1, -0.05) is 41.8 Å². The summed E-state index contributed by atoms with van der Waals surface area (Å²) in [5.74, 6) is 0.611. The van der Waals surface area contributed by atoms with Crippen LogP contribution in [0.3, 0.4) is 0 Å². The second-order valence-electron chi connectivity index (χ2n) is 3.89. The molecule has 2 rings (SSSR count). The van der Waals surface area contributed by atoms with Crippen LogP contribution >= 0.6 is 0 Å². The quantitative estimate of drug-likeness (QED) is 0.505. The molecule has 74 valence electrons. The molecule has 2 heteroatoms. The Bertz CT molecular complexity index is 300. The lowest BCUT2D eigenvalue weighted by molar-refractivity contribution is 0.180. The van der Waals surface area contributed by atoms with Gasteiger partial charge in [-0.2, -0.15) is 0 Å². The minimum atomic E-state index is -1.34. The predicted molar refractivity (Wildman–Crippen MR) is 62.4 cm³/mol. The fraction of sp³-hybridized carbons (Fsp3) is 0.333. The lowest BCUT2D eigenvalue weighted by Gasteiger charge is -2.25. The van der Waals surface area contributed by atoms with Crippen LogP contribution in [0.25, 0.3) is 0 Å². The molecule has 0 amide bonds. The van der Waals surface area contributed by atoms with Gasteiger partial charge < -0.3 is 4.43 Å². The normalized spacial score (nSPS) is 35.6. The average Bonchev–Trinajstić information content (AvgIpc) is 2.77. The zero-order valence-corrected chi connectivity index (χ0v) is 9.67. The summed E-state index contributed by atoms with van der Waals surface area (Å²) in [6.45, 7) is 5.87. The molecule has 0 saturated carbocycles. The molecule has 0 aromatic heterocycles. The summed E-state index contributed by atoms with van der Waals surface area (Å²) in [5, 5.41) is 0. The van der Waals surface area contributed by atoms with Crippen molar-refractivity contribution in [1.82, 2.24) is 0 Å². The van der Waals surface area contributed by atoms with Gasteiger partial charge in [0.25, 0.3) is 0 Å². The summed E-state index contributed by atoms with van der Waals surface area (Å²) in [4.78, 5) is 0. The molecule has 0 saturated heterocycles. The zero-order chi connectivity index (χ0) is 10.0. The van der Waals surface area contributed by atoms with E-state index < -0.39 is 9.04 Å². The van der Waals surface area contributed by atoms with E-state index in [1.807, 2.05) is 12.6 Å². The largest absolute Gasteiger partial charge is 0.400 e. The van der Waals surface area contributed by atoms with Crippen molar-refractivity contribution >= 4 is 9.04 Å². The minimum absolute atomic E-state index is 0.0880. The Labute approximate surface area is 87.2 Å². The highest BCUT2D eigenvalue weighted by Crippen LogP contribution is 2.39. The highest BCUT2D eigenvalue weighted by Gasteiger charge is 2.37. The van der Waals surface area contributed by atoms with Crippen molar-refractivity contribution in [2.75, 3.05) is 0 Å². The third-order valence-corrected chi connectivity index (χ3v) is 4.72. The van der Waals surface area contributed by atoms with Gasteiger partial charge in [0.2, 0.25) is 9.04 Å². The van der Waals surface area contributed by atoms with E-state index in [1.165, 1.54) is 0 Å². The number of hydrogen-bond donors (Lipinski definition) is 0. The van der Waals surface area contributed by atoms with E-state index in [-0.39, 0.29) is 5.60 Å². The molecule has 0 aromatic rings. The van der Waals surface area contributed by atoms with Crippen molar-refractivity contribution in [3.63, 3.8) is 0 Å². The molecular formula is C12H16OSi. The Morgan fingerprint density at radius 2 is 2.21 bits per heavy atom. The summed E-state index contributed by atoms with van der Waals surface area (Å²) in [5.41, 5.74) is 4.05. The third-order valence-electron chi connectivity index (χ3n) is 2.78. The van der Waals surface area contributed by atoms with E-state index in [0.717, 1.165) is 6.42 Å². The van der Waals surface area contributed by atoms with Gasteiger partial charge >= 0.3 is 0 Å². The van der Waals surface area contributed by atoms with E-state index in [1.54, 1.807) is 0 Å². The SMILES string of the molecule is C=C[SiH](C=CC)OC12C=CC(C=C1)C2. The van der Waals surface area contributed by atoms with Crippen molar-refractivity contribution in [2.24, 2.45) is 5.92 Å². The Hall–Kier alpha value is -0.863. The monoisotopic (exact) mass is 204 g/mol. The Balaban J connectivity index is 2.06. The second-order valence-corrected chi connectivity index (χ2v) is 5.91. The fourth-order valence-corrected chi connectivity index (χ4v) is 3.54. The topological polar surface area (TPSA) is 9.23 Å². The molecule has 2 aliphatic rings. The number of rotatable bonds is 4. The van der Waals surface area contributed by atoms with Crippen LogP contribution in [0.1, 0.15) is 13.3 Å². The molecular weight excluding hydrogens is 188 g/mol. The second kappa shape index (κ2) is 3.71. The predicted octanol–water partition coefficient (Wildman–Crippen LogP) is 2.45. The summed E-state index contributed by atoms with van der Waals surface area (Å²) >= 11 is 0. The van der Waals surface area contributed by atoms with Crippen molar-refractivity contribution in [2.45, 2.75) is 18.9 Å². The minimum Gasteiger partial charge on any atom is -0.400 e. The van der Waals surface area contributed by atoms with Crippen LogP contribution in [0.15, 0.2) is 48.4 Å². The Morgan fingerprint density at radius 3 is 2.64 bits per heavy atom. The van der Waals surface area contributed by atoms with E-state index in [2.05, 4.69) is 42.7 Å². The van der Waals surface area contributed by atoms with E-state index >= 15 is 0 Å². The van der Waals surface area contributed by atoms with Gasteiger partial charge in [0.05, 0.1) is 5.60 Å². The molecule has 0 fully saturated rings. The fourth-order valence-electron chi connectivity index (χ4n) is 2.07. The van der Waals surface area contributed by atoms with Gasteiger partial charge in [-0.3, -0.25) is 0 Å². The van der Waals surface area contributed by atoms with Gasteiger partial charge in [0.15, 0.2) is 0 Å². The number of allylic oxidation sites excluding steroid dienone is 3. The first kappa shape index (κ1) is 9.68. The van der Waals surface area contributed by atoms with Crippen LogP contribution in [0.5, 0.6) is 0 Å². The van der Waals surface area contributed by atoms with Gasteiger partial charge in [-0.25, -0.2) is 0 Å². The highest BCUT2D eigenvalue weighted by atomic mass is 28.3. The molecule has 0 N–H and O–H groups in total. The van der Waals surface area contributed by atoms with E-state index in [4.69, 9.17) is 4.43 Å². The number of hydrogen-bond acceptors (Lipinski definition) is 1. The first-order valence-electron chi connectivity index (χ1n) is 5.10. The standard InChI is InChI=1S/C12H16OSi/c1-3-9-14(4-2)13-12-7-5-11(10-12)6-8-12/h3-9,11,14H,2,10H2,1H3. The lowest BCUT2D eigenvalue weighted by atomic mass is 10.1.